The van der Waals surface area contributed by atoms with E-state index >= 15 is 0 Å². The zero-order chi connectivity index (χ0) is 17.6. The van der Waals surface area contributed by atoms with Gasteiger partial charge in [0.2, 0.25) is 15.9 Å². The van der Waals surface area contributed by atoms with Gasteiger partial charge >= 0.3 is 0 Å². The molecular weight excluding hydrogens is 314 g/mol. The molecule has 23 heavy (non-hydrogen) atoms. The summed E-state index contributed by atoms with van der Waals surface area (Å²) in [5.41, 5.74) is 1.11. The molecule has 0 unspecified atom stereocenters. The quantitative estimate of drug-likeness (QED) is 0.758. The van der Waals surface area contributed by atoms with Gasteiger partial charge in [0.1, 0.15) is 0 Å². The molecule has 1 amide bonds. The van der Waals surface area contributed by atoms with Crippen LogP contribution in [0.4, 0.5) is 5.69 Å². The fourth-order valence-electron chi connectivity index (χ4n) is 2.14. The Bertz CT molecular complexity index is 644. The Morgan fingerprint density at radius 2 is 2.00 bits per heavy atom. The topological polar surface area (TPSA) is 78.5 Å². The number of aryl methyl sites for hydroxylation is 1. The molecule has 0 bridgehead atoms. The maximum atomic E-state index is 12.5. The first-order valence-electron chi connectivity index (χ1n) is 7.75. The molecular formula is C16H27N3O3S. The largest absolute Gasteiger partial charge is 0.326 e. The van der Waals surface area contributed by atoms with Crippen LogP contribution in [0.15, 0.2) is 23.1 Å². The van der Waals surface area contributed by atoms with Crippen LogP contribution < -0.4 is 10.0 Å². The predicted octanol–water partition coefficient (Wildman–Crippen LogP) is 1.96. The third-order valence-corrected chi connectivity index (χ3v) is 5.50. The van der Waals surface area contributed by atoms with Crippen molar-refractivity contribution >= 4 is 21.6 Å². The zero-order valence-corrected chi connectivity index (χ0v) is 15.3. The fourth-order valence-corrected chi connectivity index (χ4v) is 3.43. The van der Waals surface area contributed by atoms with Crippen LogP contribution in [0, 0.1) is 6.92 Å². The van der Waals surface area contributed by atoms with Crippen molar-refractivity contribution in [1.29, 1.82) is 0 Å². The van der Waals surface area contributed by atoms with E-state index in [4.69, 9.17) is 0 Å². The molecule has 1 rings (SSSR count). The summed E-state index contributed by atoms with van der Waals surface area (Å²) in [6.07, 6.45) is 1.01. The number of amides is 1. The van der Waals surface area contributed by atoms with Gasteiger partial charge in [0, 0.05) is 31.7 Å². The lowest BCUT2D eigenvalue weighted by Crippen LogP contribution is -2.37. The van der Waals surface area contributed by atoms with Crippen molar-refractivity contribution in [3.05, 3.63) is 23.8 Å². The van der Waals surface area contributed by atoms with Gasteiger partial charge in [-0.15, -0.1) is 0 Å². The van der Waals surface area contributed by atoms with E-state index in [2.05, 4.69) is 28.8 Å². The van der Waals surface area contributed by atoms with Crippen molar-refractivity contribution in [2.45, 2.75) is 45.1 Å². The van der Waals surface area contributed by atoms with Crippen LogP contribution in [-0.4, -0.2) is 45.4 Å². The summed E-state index contributed by atoms with van der Waals surface area (Å²) < 4.78 is 27.6. The lowest BCUT2D eigenvalue weighted by atomic mass is 10.2. The van der Waals surface area contributed by atoms with Crippen molar-refractivity contribution in [2.75, 3.05) is 25.5 Å². The van der Waals surface area contributed by atoms with Crippen molar-refractivity contribution in [3.8, 4) is 0 Å². The van der Waals surface area contributed by atoms with Crippen molar-refractivity contribution < 1.29 is 13.2 Å². The predicted molar refractivity (Wildman–Crippen MR) is 93.1 cm³/mol. The van der Waals surface area contributed by atoms with Gasteiger partial charge in [-0.2, -0.15) is 0 Å². The molecule has 2 N–H and O–H groups in total. The Morgan fingerprint density at radius 1 is 1.35 bits per heavy atom. The lowest BCUT2D eigenvalue weighted by molar-refractivity contribution is -0.114. The molecule has 6 nitrogen and oxygen atoms in total. The third-order valence-electron chi connectivity index (χ3n) is 3.90. The Hall–Kier alpha value is -1.44. The number of likely N-dealkylation sites (N-methyl/N-ethyl adjacent to an activating group) is 1. The van der Waals surface area contributed by atoms with E-state index in [1.165, 1.54) is 13.0 Å². The minimum absolute atomic E-state index is 0.190. The summed E-state index contributed by atoms with van der Waals surface area (Å²) in [7, 11) is -1.63. The standard InChI is InChI=1S/C16H27N3O3S/c1-6-13(3)19(5)10-9-17-23(21,22)16-11-15(18-14(4)20)8-7-12(16)2/h7-8,11,13,17H,6,9-10H2,1-5H3,(H,18,20)/t13-/m1/s1. The third kappa shape index (κ3) is 5.93. The molecule has 0 aliphatic rings. The van der Waals surface area contributed by atoms with Gasteiger partial charge in [-0.25, -0.2) is 13.1 Å². The highest BCUT2D eigenvalue weighted by Crippen LogP contribution is 2.20. The molecule has 0 aromatic heterocycles. The van der Waals surface area contributed by atoms with Gasteiger partial charge in [-0.05, 0) is 45.0 Å². The molecule has 0 saturated carbocycles. The van der Waals surface area contributed by atoms with Crippen molar-refractivity contribution in [2.24, 2.45) is 0 Å². The summed E-state index contributed by atoms with van der Waals surface area (Å²) in [6.45, 7) is 8.30. The number of hydrogen-bond acceptors (Lipinski definition) is 4. The molecule has 0 fully saturated rings. The first kappa shape index (κ1) is 19.6. The van der Waals surface area contributed by atoms with Crippen molar-refractivity contribution in [3.63, 3.8) is 0 Å². The number of hydrogen-bond donors (Lipinski definition) is 2. The van der Waals surface area contributed by atoms with E-state index in [0.717, 1.165) is 6.42 Å². The van der Waals surface area contributed by atoms with E-state index in [0.29, 0.717) is 30.4 Å². The zero-order valence-electron chi connectivity index (χ0n) is 14.5. The number of carbonyl (C=O) groups excluding carboxylic acids is 1. The summed E-state index contributed by atoms with van der Waals surface area (Å²) >= 11 is 0. The van der Waals surface area contributed by atoms with Crippen LogP contribution in [0.3, 0.4) is 0 Å². The van der Waals surface area contributed by atoms with E-state index in [1.807, 2.05) is 7.05 Å². The summed E-state index contributed by atoms with van der Waals surface area (Å²) in [5.74, 6) is -0.236. The molecule has 0 radical (unpaired) electrons. The fraction of sp³-hybridized carbons (Fsp3) is 0.562. The highest BCUT2D eigenvalue weighted by atomic mass is 32.2. The van der Waals surface area contributed by atoms with E-state index in [-0.39, 0.29) is 10.8 Å². The Kier molecular flexibility index (Phi) is 7.18. The normalized spacial score (nSPS) is 13.1. The van der Waals surface area contributed by atoms with Crippen LogP contribution in [0.2, 0.25) is 0 Å². The molecule has 130 valence electrons. The van der Waals surface area contributed by atoms with Gasteiger partial charge < -0.3 is 10.2 Å². The number of nitrogens with one attached hydrogen (secondary N) is 2. The Morgan fingerprint density at radius 3 is 2.57 bits per heavy atom. The second kappa shape index (κ2) is 8.42. The van der Waals surface area contributed by atoms with Crippen LogP contribution in [0.5, 0.6) is 0 Å². The number of carbonyl (C=O) groups is 1. The smallest absolute Gasteiger partial charge is 0.240 e. The van der Waals surface area contributed by atoms with E-state index in [9.17, 15) is 13.2 Å². The molecule has 1 atom stereocenters. The van der Waals surface area contributed by atoms with E-state index < -0.39 is 10.0 Å². The second-order valence-corrected chi connectivity index (χ2v) is 7.53. The van der Waals surface area contributed by atoms with Gasteiger partial charge in [-0.3, -0.25) is 4.79 Å². The monoisotopic (exact) mass is 341 g/mol. The first-order chi connectivity index (χ1) is 10.7. The second-order valence-electron chi connectivity index (χ2n) is 5.80. The van der Waals surface area contributed by atoms with E-state index in [1.54, 1.807) is 19.1 Å². The maximum Gasteiger partial charge on any atom is 0.240 e. The molecule has 0 saturated heterocycles. The van der Waals surface area contributed by atoms with Crippen molar-refractivity contribution in [1.82, 2.24) is 9.62 Å². The summed E-state index contributed by atoms with van der Waals surface area (Å²) in [4.78, 5) is 13.4. The van der Waals surface area contributed by atoms with Gasteiger partial charge in [0.15, 0.2) is 0 Å². The highest BCUT2D eigenvalue weighted by Gasteiger charge is 2.18. The molecule has 0 aliphatic carbocycles. The van der Waals surface area contributed by atoms with Crippen LogP contribution in [0.25, 0.3) is 0 Å². The highest BCUT2D eigenvalue weighted by molar-refractivity contribution is 7.89. The minimum atomic E-state index is -3.61. The maximum absolute atomic E-state index is 12.5. The van der Waals surface area contributed by atoms with Crippen LogP contribution >= 0.6 is 0 Å². The average molecular weight is 341 g/mol. The van der Waals surface area contributed by atoms with Gasteiger partial charge in [-0.1, -0.05) is 13.0 Å². The number of rotatable bonds is 8. The number of sulfonamides is 1. The van der Waals surface area contributed by atoms with Crippen LogP contribution in [0.1, 0.15) is 32.8 Å². The summed E-state index contributed by atoms with van der Waals surface area (Å²) in [6, 6.07) is 5.26. The Balaban J connectivity index is 2.81. The molecule has 0 spiro atoms. The number of nitrogens with zero attached hydrogens (tertiary/aromatic N) is 1. The molecule has 0 heterocycles. The van der Waals surface area contributed by atoms with Gasteiger partial charge in [0.25, 0.3) is 0 Å². The molecule has 0 aliphatic heterocycles. The number of benzene rings is 1. The molecule has 7 heteroatoms. The average Bonchev–Trinajstić information content (AvgIpc) is 2.47. The van der Waals surface area contributed by atoms with Crippen LogP contribution in [-0.2, 0) is 14.8 Å². The molecule has 1 aromatic rings. The minimum Gasteiger partial charge on any atom is -0.326 e. The van der Waals surface area contributed by atoms with Gasteiger partial charge in [0.05, 0.1) is 4.90 Å². The molecule has 1 aromatic carbocycles. The lowest BCUT2D eigenvalue weighted by Gasteiger charge is -2.23. The first-order valence-corrected chi connectivity index (χ1v) is 9.23. The number of anilines is 1. The SMILES string of the molecule is CC[C@@H](C)N(C)CCNS(=O)(=O)c1cc(NC(C)=O)ccc1C. The summed E-state index contributed by atoms with van der Waals surface area (Å²) in [5, 5.41) is 2.60. The Labute approximate surface area is 139 Å².